The van der Waals surface area contributed by atoms with Crippen LogP contribution in [0.1, 0.15) is 0 Å². The smallest absolute Gasteiger partial charge is 0.133 e. The van der Waals surface area contributed by atoms with Crippen molar-refractivity contribution in [2.75, 3.05) is 34.9 Å². The SMILES string of the molecule is CN(C)C[N+](C)(C)[O-]. The zero-order valence-corrected chi connectivity index (χ0v) is 6.01. The average Bonchev–Trinajstić information content (AvgIpc) is 1.21. The van der Waals surface area contributed by atoms with E-state index >= 15 is 0 Å². The number of hydrogen-bond acceptors (Lipinski definition) is 2. The van der Waals surface area contributed by atoms with Gasteiger partial charge in [-0.15, -0.1) is 0 Å². The highest BCUT2D eigenvalue weighted by atomic mass is 16.5. The highest BCUT2D eigenvalue weighted by Crippen LogP contribution is 1.91. The first kappa shape index (κ1) is 7.88. The Morgan fingerprint density at radius 2 is 1.75 bits per heavy atom. The molecule has 0 aromatic carbocycles. The van der Waals surface area contributed by atoms with Gasteiger partial charge in [-0.1, -0.05) is 0 Å². The standard InChI is InChI=1S/C5H14N2O/c1-6(2)5-7(3,4)8/h5H2,1-4H3. The summed E-state index contributed by atoms with van der Waals surface area (Å²) in [5.74, 6) is 0. The predicted octanol–water partition coefficient (Wildman–Crippen LogP) is 0.0797. The van der Waals surface area contributed by atoms with Crippen molar-refractivity contribution >= 4 is 0 Å². The van der Waals surface area contributed by atoms with Gasteiger partial charge in [-0.25, -0.2) is 0 Å². The molecule has 0 amide bonds. The molecule has 3 heteroatoms. The number of nitrogens with zero attached hydrogens (tertiary/aromatic N) is 2. The van der Waals surface area contributed by atoms with E-state index in [2.05, 4.69) is 0 Å². The minimum atomic E-state index is -0.243. The van der Waals surface area contributed by atoms with Gasteiger partial charge in [-0.2, -0.15) is 0 Å². The van der Waals surface area contributed by atoms with E-state index in [0.717, 1.165) is 0 Å². The predicted molar refractivity (Wildman–Crippen MR) is 34.0 cm³/mol. The molecule has 0 aliphatic rings. The van der Waals surface area contributed by atoms with Crippen molar-refractivity contribution in [2.45, 2.75) is 0 Å². The molecule has 0 radical (unpaired) electrons. The van der Waals surface area contributed by atoms with Crippen molar-refractivity contribution < 1.29 is 4.65 Å². The molecular weight excluding hydrogens is 104 g/mol. The fourth-order valence-corrected chi connectivity index (χ4v) is 0.681. The lowest BCUT2D eigenvalue weighted by molar-refractivity contribution is -0.850. The van der Waals surface area contributed by atoms with E-state index in [1.807, 2.05) is 19.0 Å². The van der Waals surface area contributed by atoms with Crippen LogP contribution in [0.4, 0.5) is 0 Å². The highest BCUT2D eigenvalue weighted by Gasteiger charge is 2.00. The molecule has 0 N–H and O–H groups in total. The lowest BCUT2D eigenvalue weighted by Crippen LogP contribution is -2.40. The summed E-state index contributed by atoms with van der Waals surface area (Å²) in [4.78, 5) is 1.87. The second kappa shape index (κ2) is 2.44. The second-order valence-corrected chi connectivity index (χ2v) is 2.80. The number of rotatable bonds is 2. The van der Waals surface area contributed by atoms with E-state index in [9.17, 15) is 5.21 Å². The maximum Gasteiger partial charge on any atom is 0.133 e. The van der Waals surface area contributed by atoms with Crippen LogP contribution in [0.5, 0.6) is 0 Å². The van der Waals surface area contributed by atoms with Crippen molar-refractivity contribution in [2.24, 2.45) is 0 Å². The van der Waals surface area contributed by atoms with Crippen molar-refractivity contribution in [1.82, 2.24) is 4.90 Å². The van der Waals surface area contributed by atoms with Gasteiger partial charge in [0.15, 0.2) is 0 Å². The molecule has 0 fully saturated rings. The minimum Gasteiger partial charge on any atom is -0.632 e. The largest absolute Gasteiger partial charge is 0.632 e. The summed E-state index contributed by atoms with van der Waals surface area (Å²) in [5, 5.41) is 10.8. The molecule has 0 aliphatic carbocycles. The van der Waals surface area contributed by atoms with Crippen LogP contribution in [0.3, 0.4) is 0 Å². The molecule has 0 aromatic rings. The lowest BCUT2D eigenvalue weighted by Gasteiger charge is -2.35. The number of hydrogen-bond donors (Lipinski definition) is 0. The Labute approximate surface area is 50.7 Å². The third kappa shape index (κ3) is 5.88. The molecule has 0 aliphatic heterocycles. The highest BCUT2D eigenvalue weighted by molar-refractivity contribution is 4.28. The van der Waals surface area contributed by atoms with Gasteiger partial charge >= 0.3 is 0 Å². The van der Waals surface area contributed by atoms with Gasteiger partial charge in [-0.3, -0.25) is 4.90 Å². The maximum absolute atomic E-state index is 10.8. The van der Waals surface area contributed by atoms with Crippen LogP contribution >= 0.6 is 0 Å². The third-order valence-electron chi connectivity index (χ3n) is 0.623. The van der Waals surface area contributed by atoms with Crippen LogP contribution in [0, 0.1) is 5.21 Å². The van der Waals surface area contributed by atoms with Gasteiger partial charge in [0.05, 0.1) is 14.1 Å². The molecule has 0 rings (SSSR count). The van der Waals surface area contributed by atoms with Crippen LogP contribution < -0.4 is 0 Å². The van der Waals surface area contributed by atoms with Gasteiger partial charge in [0.2, 0.25) is 0 Å². The molecule has 0 saturated carbocycles. The molecule has 50 valence electrons. The monoisotopic (exact) mass is 118 g/mol. The summed E-state index contributed by atoms with van der Waals surface area (Å²) < 4.78 is -0.243. The number of hydroxylamine groups is 3. The Balaban J connectivity index is 3.39. The summed E-state index contributed by atoms with van der Waals surface area (Å²) in [6.07, 6.45) is 0. The Hall–Kier alpha value is -0.120. The van der Waals surface area contributed by atoms with E-state index in [4.69, 9.17) is 0 Å². The van der Waals surface area contributed by atoms with Crippen molar-refractivity contribution in [1.29, 1.82) is 0 Å². The van der Waals surface area contributed by atoms with Crippen LogP contribution in [-0.4, -0.2) is 44.4 Å². The Morgan fingerprint density at radius 3 is 1.75 bits per heavy atom. The van der Waals surface area contributed by atoms with Crippen molar-refractivity contribution in [3.05, 3.63) is 5.21 Å². The van der Waals surface area contributed by atoms with E-state index in [-0.39, 0.29) is 4.65 Å². The molecule has 0 saturated heterocycles. The van der Waals surface area contributed by atoms with E-state index < -0.39 is 0 Å². The Kier molecular flexibility index (Phi) is 2.40. The van der Waals surface area contributed by atoms with Gasteiger partial charge in [-0.05, 0) is 14.1 Å². The van der Waals surface area contributed by atoms with Crippen LogP contribution in [0.15, 0.2) is 0 Å². The van der Waals surface area contributed by atoms with Crippen LogP contribution in [0.2, 0.25) is 0 Å². The quantitative estimate of drug-likeness (QED) is 0.291. The molecule has 0 aromatic heterocycles. The summed E-state index contributed by atoms with van der Waals surface area (Å²) >= 11 is 0. The molecule has 3 nitrogen and oxygen atoms in total. The molecule has 0 atom stereocenters. The second-order valence-electron chi connectivity index (χ2n) is 2.80. The van der Waals surface area contributed by atoms with E-state index in [1.54, 1.807) is 14.1 Å². The Bertz CT molecular complexity index is 65.3. The zero-order valence-electron chi connectivity index (χ0n) is 6.01. The molecule has 0 bridgehead atoms. The third-order valence-corrected chi connectivity index (χ3v) is 0.623. The Morgan fingerprint density at radius 1 is 1.38 bits per heavy atom. The van der Waals surface area contributed by atoms with E-state index in [0.29, 0.717) is 6.67 Å². The molecule has 0 heterocycles. The molecule has 0 spiro atoms. The van der Waals surface area contributed by atoms with Crippen molar-refractivity contribution in [3.8, 4) is 0 Å². The number of quaternary nitrogens is 1. The van der Waals surface area contributed by atoms with E-state index in [1.165, 1.54) is 0 Å². The normalized spacial score (nSPS) is 12.8. The van der Waals surface area contributed by atoms with Gasteiger partial charge < -0.3 is 9.85 Å². The minimum absolute atomic E-state index is 0.243. The molecule has 8 heavy (non-hydrogen) atoms. The average molecular weight is 118 g/mol. The molecule has 0 unspecified atom stereocenters. The zero-order chi connectivity index (χ0) is 6.78. The first-order valence-corrected chi connectivity index (χ1v) is 2.60. The summed E-state index contributed by atoms with van der Waals surface area (Å²) in [6, 6.07) is 0. The first-order chi connectivity index (χ1) is 3.42. The van der Waals surface area contributed by atoms with Crippen LogP contribution in [-0.2, 0) is 0 Å². The first-order valence-electron chi connectivity index (χ1n) is 2.60. The fraction of sp³-hybridized carbons (Fsp3) is 1.00. The topological polar surface area (TPSA) is 26.3 Å². The summed E-state index contributed by atoms with van der Waals surface area (Å²) in [7, 11) is 7.02. The van der Waals surface area contributed by atoms with Crippen molar-refractivity contribution in [3.63, 3.8) is 0 Å². The fourth-order valence-electron chi connectivity index (χ4n) is 0.681. The van der Waals surface area contributed by atoms with Gasteiger partial charge in [0.25, 0.3) is 0 Å². The maximum atomic E-state index is 10.8. The molecular formula is C5H14N2O. The lowest BCUT2D eigenvalue weighted by atomic mass is 10.7. The van der Waals surface area contributed by atoms with Gasteiger partial charge in [0.1, 0.15) is 6.67 Å². The van der Waals surface area contributed by atoms with Crippen LogP contribution in [0.25, 0.3) is 0 Å². The van der Waals surface area contributed by atoms with Gasteiger partial charge in [0, 0.05) is 0 Å². The summed E-state index contributed by atoms with van der Waals surface area (Å²) in [6.45, 7) is 0.542. The summed E-state index contributed by atoms with van der Waals surface area (Å²) in [5.41, 5.74) is 0.